The normalized spacial score (nSPS) is 12.2. The van der Waals surface area contributed by atoms with Crippen LogP contribution in [0.5, 0.6) is 0 Å². The van der Waals surface area contributed by atoms with Gasteiger partial charge in [-0.05, 0) is 49.9 Å². The molecular weight excluding hydrogens is 403 g/mol. The van der Waals surface area contributed by atoms with Crippen LogP contribution in [-0.2, 0) is 11.2 Å². The van der Waals surface area contributed by atoms with E-state index in [-0.39, 0.29) is 24.1 Å². The maximum absolute atomic E-state index is 13.4. The molecule has 1 N–H and O–H groups in total. The van der Waals surface area contributed by atoms with Gasteiger partial charge in [-0.3, -0.25) is 4.79 Å². The number of fused-ring (bicyclic) bond motifs is 1. The van der Waals surface area contributed by atoms with E-state index in [2.05, 4.69) is 29.5 Å². The number of halogens is 1. The smallest absolute Gasteiger partial charge is 0.224 e. The maximum Gasteiger partial charge on any atom is 0.224 e. The highest BCUT2D eigenvalue weighted by Crippen LogP contribution is 2.29. The Kier molecular flexibility index (Phi) is 6.04. The van der Waals surface area contributed by atoms with E-state index in [1.807, 2.05) is 39.0 Å². The van der Waals surface area contributed by atoms with E-state index in [0.29, 0.717) is 12.2 Å². The van der Waals surface area contributed by atoms with Gasteiger partial charge in [0.1, 0.15) is 5.82 Å². The first-order chi connectivity index (χ1) is 15.3. The largest absolute Gasteiger partial charge is 0.355 e. The number of rotatable bonds is 6. The van der Waals surface area contributed by atoms with Crippen LogP contribution in [-0.4, -0.2) is 27.0 Å². The van der Waals surface area contributed by atoms with Gasteiger partial charge in [-0.1, -0.05) is 49.4 Å². The molecule has 0 saturated carbocycles. The van der Waals surface area contributed by atoms with Crippen LogP contribution in [0.2, 0.25) is 0 Å². The second-order valence-electron chi connectivity index (χ2n) is 8.26. The molecule has 32 heavy (non-hydrogen) atoms. The van der Waals surface area contributed by atoms with Gasteiger partial charge in [0.15, 0.2) is 5.65 Å². The molecule has 2 heterocycles. The molecule has 5 nitrogen and oxygen atoms in total. The van der Waals surface area contributed by atoms with Crippen LogP contribution >= 0.6 is 0 Å². The van der Waals surface area contributed by atoms with Crippen molar-refractivity contribution in [2.24, 2.45) is 0 Å². The van der Waals surface area contributed by atoms with Gasteiger partial charge in [-0.15, -0.1) is 0 Å². The molecule has 0 bridgehead atoms. The summed E-state index contributed by atoms with van der Waals surface area (Å²) in [4.78, 5) is 17.5. The molecule has 1 unspecified atom stereocenters. The molecular formula is C26H27FN4O. The molecule has 4 aromatic rings. The topological polar surface area (TPSA) is 59.3 Å². The number of aromatic nitrogens is 3. The van der Waals surface area contributed by atoms with Gasteiger partial charge in [0.05, 0.1) is 12.1 Å². The van der Waals surface area contributed by atoms with Gasteiger partial charge in [-0.25, -0.2) is 13.9 Å². The van der Waals surface area contributed by atoms with Crippen molar-refractivity contribution in [3.05, 3.63) is 88.6 Å². The van der Waals surface area contributed by atoms with E-state index in [0.717, 1.165) is 33.8 Å². The third-order valence-electron chi connectivity index (χ3n) is 5.95. The average Bonchev–Trinajstić information content (AvgIpc) is 3.12. The van der Waals surface area contributed by atoms with E-state index in [1.165, 1.54) is 17.7 Å². The van der Waals surface area contributed by atoms with Crippen molar-refractivity contribution >= 4 is 11.6 Å². The molecule has 1 atom stereocenters. The lowest BCUT2D eigenvalue weighted by Crippen LogP contribution is -2.29. The summed E-state index contributed by atoms with van der Waals surface area (Å²) in [5.41, 5.74) is 7.02. The van der Waals surface area contributed by atoms with Crippen LogP contribution < -0.4 is 5.32 Å². The van der Waals surface area contributed by atoms with Crippen LogP contribution in [0.1, 0.15) is 41.1 Å². The molecule has 0 saturated heterocycles. The van der Waals surface area contributed by atoms with Crippen molar-refractivity contribution in [3.8, 4) is 11.1 Å². The second kappa shape index (κ2) is 8.91. The third kappa shape index (κ3) is 4.26. The highest BCUT2D eigenvalue weighted by atomic mass is 19.1. The Bertz CT molecular complexity index is 1260. The summed E-state index contributed by atoms with van der Waals surface area (Å²) in [6, 6.07) is 16.5. The Morgan fingerprint density at radius 2 is 1.72 bits per heavy atom. The van der Waals surface area contributed by atoms with Crippen molar-refractivity contribution in [1.82, 2.24) is 19.9 Å². The fraction of sp³-hybridized carbons (Fsp3) is 0.269. The predicted octanol–water partition coefficient (Wildman–Crippen LogP) is 4.92. The number of aryl methyl sites for hydroxylation is 3. The summed E-state index contributed by atoms with van der Waals surface area (Å²) >= 11 is 0. The van der Waals surface area contributed by atoms with Gasteiger partial charge in [-0.2, -0.15) is 5.10 Å². The van der Waals surface area contributed by atoms with Crippen LogP contribution in [0.15, 0.2) is 54.6 Å². The number of carbonyl (C=O) groups excluding carboxylic acids is 1. The van der Waals surface area contributed by atoms with E-state index in [4.69, 9.17) is 4.98 Å². The Balaban J connectivity index is 1.57. The molecule has 0 aliphatic heterocycles. The zero-order valence-corrected chi connectivity index (χ0v) is 18.8. The minimum Gasteiger partial charge on any atom is -0.355 e. The quantitative estimate of drug-likeness (QED) is 0.472. The van der Waals surface area contributed by atoms with E-state index in [9.17, 15) is 9.18 Å². The predicted molar refractivity (Wildman–Crippen MR) is 124 cm³/mol. The zero-order chi connectivity index (χ0) is 22.8. The van der Waals surface area contributed by atoms with E-state index >= 15 is 0 Å². The maximum atomic E-state index is 13.4. The molecule has 4 rings (SSSR count). The Labute approximate surface area is 187 Å². The Morgan fingerprint density at radius 1 is 1.03 bits per heavy atom. The molecule has 2 aromatic carbocycles. The first kappa shape index (κ1) is 21.7. The Hall–Kier alpha value is -3.54. The summed E-state index contributed by atoms with van der Waals surface area (Å²) in [5, 5.41) is 7.71. The molecule has 0 fully saturated rings. The fourth-order valence-electron chi connectivity index (χ4n) is 4.07. The van der Waals surface area contributed by atoms with Crippen LogP contribution in [0.25, 0.3) is 16.8 Å². The summed E-state index contributed by atoms with van der Waals surface area (Å²) in [5.74, 6) is -0.0872. The summed E-state index contributed by atoms with van der Waals surface area (Å²) in [6.07, 6.45) is 0.243. The zero-order valence-electron chi connectivity index (χ0n) is 18.8. The number of hydrogen-bond donors (Lipinski definition) is 1. The number of amides is 1. The molecule has 2 aromatic heterocycles. The standard InChI is InChI=1S/C26H27FN4O/c1-16(20-8-6-5-7-9-20)15-28-24(32)14-23-17(2)29-26-25(18(3)30-31(26)19(23)4)21-10-12-22(27)13-11-21/h5-13,16H,14-15H2,1-4H3,(H,28,32). The van der Waals surface area contributed by atoms with Crippen LogP contribution in [0.4, 0.5) is 4.39 Å². The SMILES string of the molecule is Cc1nc2c(-c3ccc(F)cc3)c(C)nn2c(C)c1CC(=O)NCC(C)c1ccccc1. The summed E-state index contributed by atoms with van der Waals surface area (Å²) in [6.45, 7) is 8.46. The van der Waals surface area contributed by atoms with Gasteiger partial charge < -0.3 is 5.32 Å². The minimum absolute atomic E-state index is 0.0391. The molecule has 6 heteroatoms. The molecule has 0 aliphatic carbocycles. The molecule has 0 radical (unpaired) electrons. The van der Waals surface area contributed by atoms with E-state index < -0.39 is 0 Å². The van der Waals surface area contributed by atoms with E-state index in [1.54, 1.807) is 16.6 Å². The van der Waals surface area contributed by atoms with Gasteiger partial charge in [0, 0.05) is 29.1 Å². The monoisotopic (exact) mass is 430 g/mol. The lowest BCUT2D eigenvalue weighted by atomic mass is 10.0. The number of nitrogens with zero attached hydrogens (tertiary/aromatic N) is 3. The minimum atomic E-state index is -0.280. The van der Waals surface area contributed by atoms with Crippen LogP contribution in [0.3, 0.4) is 0 Å². The highest BCUT2D eigenvalue weighted by molar-refractivity contribution is 5.82. The van der Waals surface area contributed by atoms with Crippen molar-refractivity contribution in [2.45, 2.75) is 40.0 Å². The van der Waals surface area contributed by atoms with Gasteiger partial charge in [0.2, 0.25) is 5.91 Å². The van der Waals surface area contributed by atoms with Crippen molar-refractivity contribution in [2.75, 3.05) is 6.54 Å². The first-order valence-electron chi connectivity index (χ1n) is 10.8. The second-order valence-corrected chi connectivity index (χ2v) is 8.26. The molecule has 1 amide bonds. The lowest BCUT2D eigenvalue weighted by molar-refractivity contribution is -0.120. The molecule has 0 spiro atoms. The van der Waals surface area contributed by atoms with Gasteiger partial charge in [0.25, 0.3) is 0 Å². The van der Waals surface area contributed by atoms with Crippen molar-refractivity contribution in [3.63, 3.8) is 0 Å². The summed E-state index contributed by atoms with van der Waals surface area (Å²) in [7, 11) is 0. The fourth-order valence-corrected chi connectivity index (χ4v) is 4.07. The van der Waals surface area contributed by atoms with Crippen molar-refractivity contribution < 1.29 is 9.18 Å². The number of hydrogen-bond acceptors (Lipinski definition) is 3. The molecule has 164 valence electrons. The lowest BCUT2D eigenvalue weighted by Gasteiger charge is -2.15. The number of nitrogens with one attached hydrogen (secondary N) is 1. The Morgan fingerprint density at radius 3 is 2.41 bits per heavy atom. The number of benzene rings is 2. The first-order valence-corrected chi connectivity index (χ1v) is 10.8. The van der Waals surface area contributed by atoms with Crippen LogP contribution in [0, 0.1) is 26.6 Å². The van der Waals surface area contributed by atoms with Crippen molar-refractivity contribution in [1.29, 1.82) is 0 Å². The highest BCUT2D eigenvalue weighted by Gasteiger charge is 2.19. The van der Waals surface area contributed by atoms with Gasteiger partial charge >= 0.3 is 0 Å². The summed E-state index contributed by atoms with van der Waals surface area (Å²) < 4.78 is 15.2. The third-order valence-corrected chi connectivity index (χ3v) is 5.95. The number of carbonyl (C=O) groups is 1. The molecule has 0 aliphatic rings. The average molecular weight is 431 g/mol.